The van der Waals surface area contributed by atoms with Crippen molar-refractivity contribution in [2.75, 3.05) is 25.2 Å². The Kier molecular flexibility index (Phi) is 8.56. The third kappa shape index (κ3) is 6.73. The van der Waals surface area contributed by atoms with E-state index in [-0.39, 0.29) is 23.5 Å². The maximum Gasteiger partial charge on any atom is 0.254 e. The molecular formula is C25H33NO5S. The number of unbranched alkanes of at least 4 members (excludes halogenated alkanes) is 3. The quantitative estimate of drug-likeness (QED) is 0.463. The number of carbonyl (C=O) groups is 1. The van der Waals surface area contributed by atoms with Gasteiger partial charge in [0.05, 0.1) is 25.2 Å². The Bertz CT molecular complexity index is 970. The van der Waals surface area contributed by atoms with Crippen LogP contribution in [0.4, 0.5) is 0 Å². The number of methoxy groups -OCH3 is 1. The van der Waals surface area contributed by atoms with Crippen LogP contribution in [-0.4, -0.2) is 50.5 Å². The van der Waals surface area contributed by atoms with Crippen LogP contribution in [0.2, 0.25) is 0 Å². The van der Waals surface area contributed by atoms with E-state index in [4.69, 9.17) is 9.47 Å². The summed E-state index contributed by atoms with van der Waals surface area (Å²) in [7, 11) is -1.51. The molecule has 32 heavy (non-hydrogen) atoms. The van der Waals surface area contributed by atoms with Gasteiger partial charge in [-0.1, -0.05) is 38.3 Å². The smallest absolute Gasteiger partial charge is 0.254 e. The van der Waals surface area contributed by atoms with Crippen LogP contribution in [0, 0.1) is 0 Å². The summed E-state index contributed by atoms with van der Waals surface area (Å²) in [5, 5.41) is 0. The van der Waals surface area contributed by atoms with Gasteiger partial charge in [-0.2, -0.15) is 0 Å². The van der Waals surface area contributed by atoms with Crippen molar-refractivity contribution in [3.63, 3.8) is 0 Å². The molecule has 1 amide bonds. The summed E-state index contributed by atoms with van der Waals surface area (Å²) in [5.41, 5.74) is 1.46. The average Bonchev–Trinajstić information content (AvgIpc) is 3.17. The number of sulfone groups is 1. The Balaban J connectivity index is 1.71. The molecule has 6 nitrogen and oxygen atoms in total. The van der Waals surface area contributed by atoms with E-state index in [0.717, 1.165) is 29.9 Å². The van der Waals surface area contributed by atoms with Gasteiger partial charge in [0.1, 0.15) is 11.5 Å². The zero-order valence-electron chi connectivity index (χ0n) is 19.0. The van der Waals surface area contributed by atoms with Crippen molar-refractivity contribution >= 4 is 15.7 Å². The van der Waals surface area contributed by atoms with Crippen LogP contribution in [0.1, 0.15) is 54.9 Å². The van der Waals surface area contributed by atoms with Crippen molar-refractivity contribution in [2.45, 2.75) is 51.6 Å². The SMILES string of the molecule is CCCCCCOc1ccc(C(=O)N(Cc2ccc(OC)cc2)C2CCS(=O)(=O)C2)cc1. The van der Waals surface area contributed by atoms with Crippen molar-refractivity contribution in [2.24, 2.45) is 0 Å². The number of amides is 1. The molecule has 0 aromatic heterocycles. The lowest BCUT2D eigenvalue weighted by Crippen LogP contribution is -2.40. The van der Waals surface area contributed by atoms with Crippen molar-refractivity contribution < 1.29 is 22.7 Å². The maximum absolute atomic E-state index is 13.4. The van der Waals surface area contributed by atoms with E-state index in [1.54, 1.807) is 24.1 Å². The number of nitrogens with zero attached hydrogens (tertiary/aromatic N) is 1. The fourth-order valence-corrected chi connectivity index (χ4v) is 5.62. The molecule has 3 rings (SSSR count). The first-order valence-corrected chi connectivity index (χ1v) is 13.1. The van der Waals surface area contributed by atoms with Crippen LogP contribution in [0.15, 0.2) is 48.5 Å². The number of carbonyl (C=O) groups excluding carboxylic acids is 1. The molecule has 1 atom stereocenters. The summed E-state index contributed by atoms with van der Waals surface area (Å²) >= 11 is 0. The molecule has 2 aromatic rings. The number of rotatable bonds is 11. The van der Waals surface area contributed by atoms with Crippen LogP contribution < -0.4 is 9.47 Å². The van der Waals surface area contributed by atoms with Crippen molar-refractivity contribution in [1.82, 2.24) is 4.90 Å². The second-order valence-electron chi connectivity index (χ2n) is 8.27. The molecule has 1 saturated heterocycles. The van der Waals surface area contributed by atoms with E-state index >= 15 is 0 Å². The van der Waals surface area contributed by atoms with Gasteiger partial charge in [-0.25, -0.2) is 8.42 Å². The van der Waals surface area contributed by atoms with E-state index in [2.05, 4.69) is 6.92 Å². The lowest BCUT2D eigenvalue weighted by Gasteiger charge is -2.28. The molecular weight excluding hydrogens is 426 g/mol. The summed E-state index contributed by atoms with van der Waals surface area (Å²) in [6, 6.07) is 14.3. The fraction of sp³-hybridized carbons (Fsp3) is 0.480. The van der Waals surface area contributed by atoms with E-state index in [1.807, 2.05) is 36.4 Å². The Morgan fingerprint density at radius 2 is 1.69 bits per heavy atom. The topological polar surface area (TPSA) is 72.9 Å². The predicted molar refractivity (Wildman–Crippen MR) is 126 cm³/mol. The van der Waals surface area contributed by atoms with Crippen LogP contribution in [0.5, 0.6) is 11.5 Å². The third-order valence-corrected chi connectivity index (χ3v) is 7.54. The molecule has 0 saturated carbocycles. The standard InChI is InChI=1S/C25H33NO5S/c1-3-4-5-6-16-31-24-13-9-21(10-14-24)25(27)26(22-15-17-32(28,29)19-22)18-20-7-11-23(30-2)12-8-20/h7-14,22H,3-6,15-19H2,1-2H3. The van der Waals surface area contributed by atoms with Gasteiger partial charge in [-0.05, 0) is 54.8 Å². The molecule has 0 N–H and O–H groups in total. The Hall–Kier alpha value is -2.54. The number of hydrogen-bond donors (Lipinski definition) is 0. The Labute approximate surface area is 191 Å². The van der Waals surface area contributed by atoms with Crippen molar-refractivity contribution in [3.8, 4) is 11.5 Å². The van der Waals surface area contributed by atoms with E-state index in [1.165, 1.54) is 12.8 Å². The monoisotopic (exact) mass is 459 g/mol. The van der Waals surface area contributed by atoms with Crippen molar-refractivity contribution in [3.05, 3.63) is 59.7 Å². The highest BCUT2D eigenvalue weighted by Crippen LogP contribution is 2.24. The Morgan fingerprint density at radius 3 is 2.28 bits per heavy atom. The first kappa shape index (κ1) is 24.1. The largest absolute Gasteiger partial charge is 0.497 e. The normalized spacial score (nSPS) is 17.1. The zero-order valence-corrected chi connectivity index (χ0v) is 19.8. The van der Waals surface area contributed by atoms with Gasteiger partial charge in [0, 0.05) is 18.2 Å². The molecule has 2 aromatic carbocycles. The number of benzene rings is 2. The molecule has 0 radical (unpaired) electrons. The van der Waals surface area contributed by atoms with Crippen LogP contribution in [-0.2, 0) is 16.4 Å². The van der Waals surface area contributed by atoms with Crippen LogP contribution in [0.25, 0.3) is 0 Å². The minimum absolute atomic E-state index is 0.00779. The molecule has 7 heteroatoms. The minimum Gasteiger partial charge on any atom is -0.497 e. The first-order valence-electron chi connectivity index (χ1n) is 11.3. The third-order valence-electron chi connectivity index (χ3n) is 5.79. The second-order valence-corrected chi connectivity index (χ2v) is 10.5. The zero-order chi connectivity index (χ0) is 23.0. The highest BCUT2D eigenvalue weighted by molar-refractivity contribution is 7.91. The summed E-state index contributed by atoms with van der Waals surface area (Å²) in [6.45, 7) is 3.19. The maximum atomic E-state index is 13.4. The van der Waals surface area contributed by atoms with Gasteiger partial charge in [0.15, 0.2) is 9.84 Å². The summed E-state index contributed by atoms with van der Waals surface area (Å²) in [5.74, 6) is 1.43. The van der Waals surface area contributed by atoms with Crippen molar-refractivity contribution in [1.29, 1.82) is 0 Å². The molecule has 1 aliphatic heterocycles. The molecule has 1 aliphatic rings. The second kappa shape index (κ2) is 11.4. The van der Waals surface area contributed by atoms with Gasteiger partial charge in [-0.3, -0.25) is 4.79 Å². The minimum atomic E-state index is -3.12. The summed E-state index contributed by atoms with van der Waals surface area (Å²) in [6.07, 6.45) is 5.02. The predicted octanol–water partition coefficient (Wildman–Crippen LogP) is 4.48. The fourth-order valence-electron chi connectivity index (χ4n) is 3.89. The number of ether oxygens (including phenoxy) is 2. The van der Waals surface area contributed by atoms with E-state index in [0.29, 0.717) is 25.1 Å². The highest BCUT2D eigenvalue weighted by Gasteiger charge is 2.35. The molecule has 1 unspecified atom stereocenters. The molecule has 0 aliphatic carbocycles. The molecule has 0 bridgehead atoms. The summed E-state index contributed by atoms with van der Waals surface area (Å²) in [4.78, 5) is 15.1. The lowest BCUT2D eigenvalue weighted by atomic mass is 10.1. The molecule has 1 fully saturated rings. The highest BCUT2D eigenvalue weighted by atomic mass is 32.2. The van der Waals surface area contributed by atoms with Crippen LogP contribution in [0.3, 0.4) is 0 Å². The molecule has 1 heterocycles. The lowest BCUT2D eigenvalue weighted by molar-refractivity contribution is 0.0681. The van der Waals surface area contributed by atoms with Crippen LogP contribution >= 0.6 is 0 Å². The van der Waals surface area contributed by atoms with Gasteiger partial charge < -0.3 is 14.4 Å². The summed E-state index contributed by atoms with van der Waals surface area (Å²) < 4.78 is 35.1. The Morgan fingerprint density at radius 1 is 1.00 bits per heavy atom. The van der Waals surface area contributed by atoms with Gasteiger partial charge in [-0.15, -0.1) is 0 Å². The average molecular weight is 460 g/mol. The number of hydrogen-bond acceptors (Lipinski definition) is 5. The van der Waals surface area contributed by atoms with E-state index in [9.17, 15) is 13.2 Å². The first-order chi connectivity index (χ1) is 15.4. The molecule has 0 spiro atoms. The van der Waals surface area contributed by atoms with Gasteiger partial charge >= 0.3 is 0 Å². The van der Waals surface area contributed by atoms with Gasteiger partial charge in [0.25, 0.3) is 5.91 Å². The van der Waals surface area contributed by atoms with E-state index < -0.39 is 9.84 Å². The molecule has 174 valence electrons. The van der Waals surface area contributed by atoms with Gasteiger partial charge in [0.2, 0.25) is 0 Å².